The summed E-state index contributed by atoms with van der Waals surface area (Å²) >= 11 is 0. The Balaban J connectivity index is 1.52. The Kier molecular flexibility index (Phi) is 8.33. The number of rotatable bonds is 9. The van der Waals surface area contributed by atoms with Gasteiger partial charge in [0.2, 0.25) is 10.0 Å². The zero-order valence-corrected chi connectivity index (χ0v) is 25.1. The van der Waals surface area contributed by atoms with Crippen molar-refractivity contribution in [3.63, 3.8) is 0 Å². The van der Waals surface area contributed by atoms with Crippen molar-refractivity contribution in [2.45, 2.75) is 38.0 Å². The lowest BCUT2D eigenvalue weighted by molar-refractivity contribution is -0.116. The molecule has 3 aromatic rings. The molecule has 10 nitrogen and oxygen atoms in total. The Morgan fingerprint density at radius 2 is 1.98 bits per heavy atom. The summed E-state index contributed by atoms with van der Waals surface area (Å²) in [5.41, 5.74) is 4.66. The number of carbonyl (C=O) groups excluding carboxylic acids is 1. The maximum Gasteiger partial charge on any atom is 0.243 e. The lowest BCUT2D eigenvalue weighted by atomic mass is 10.0. The minimum Gasteiger partial charge on any atom is -0.497 e. The zero-order valence-electron chi connectivity index (χ0n) is 24.3. The van der Waals surface area contributed by atoms with Crippen molar-refractivity contribution >= 4 is 39.1 Å². The van der Waals surface area contributed by atoms with Gasteiger partial charge in [0, 0.05) is 32.1 Å². The van der Waals surface area contributed by atoms with Crippen LogP contribution in [-0.4, -0.2) is 60.9 Å². The molecule has 0 amide bonds. The number of ketones is 1. The molecule has 11 heteroatoms. The van der Waals surface area contributed by atoms with E-state index in [2.05, 4.69) is 23.9 Å². The number of amidine groups is 1. The summed E-state index contributed by atoms with van der Waals surface area (Å²) in [5, 5.41) is 7.86. The Hall–Kier alpha value is -4.22. The molecule has 220 valence electrons. The van der Waals surface area contributed by atoms with Gasteiger partial charge in [0.1, 0.15) is 28.7 Å². The fourth-order valence-corrected chi connectivity index (χ4v) is 6.64. The van der Waals surface area contributed by atoms with E-state index in [1.807, 2.05) is 32.2 Å². The summed E-state index contributed by atoms with van der Waals surface area (Å²) in [7, 11) is -0.542. The van der Waals surface area contributed by atoms with Gasteiger partial charge in [-0.05, 0) is 55.3 Å². The first-order valence-corrected chi connectivity index (χ1v) is 15.4. The molecule has 0 radical (unpaired) electrons. The van der Waals surface area contributed by atoms with Crippen LogP contribution in [0.3, 0.4) is 0 Å². The van der Waals surface area contributed by atoms with E-state index in [0.29, 0.717) is 40.8 Å². The van der Waals surface area contributed by atoms with E-state index in [1.54, 1.807) is 36.1 Å². The molecule has 0 unspecified atom stereocenters. The third kappa shape index (κ3) is 5.62. The number of Topliss-reactive ketones (excluding diaryl/α,β-unsaturated/α-hetero) is 1. The van der Waals surface area contributed by atoms with Gasteiger partial charge >= 0.3 is 0 Å². The number of benzene rings is 2. The predicted molar refractivity (Wildman–Crippen MR) is 163 cm³/mol. The highest BCUT2D eigenvalue weighted by atomic mass is 32.2. The van der Waals surface area contributed by atoms with Gasteiger partial charge in [-0.2, -0.15) is 9.40 Å². The number of fused-ring (bicyclic) bond motifs is 1. The van der Waals surface area contributed by atoms with Crippen LogP contribution in [0.5, 0.6) is 11.5 Å². The second-order valence-electron chi connectivity index (χ2n) is 10.1. The van der Waals surface area contributed by atoms with Crippen LogP contribution in [-0.2, 0) is 28.3 Å². The monoisotopic (exact) mass is 589 g/mol. The number of piperidine rings is 1. The molecule has 42 heavy (non-hydrogen) atoms. The van der Waals surface area contributed by atoms with Crippen LogP contribution < -0.4 is 14.8 Å². The summed E-state index contributed by atoms with van der Waals surface area (Å²) in [6.07, 6.45) is 3.47. The molecule has 1 saturated heterocycles. The van der Waals surface area contributed by atoms with Crippen LogP contribution in [0.1, 0.15) is 49.2 Å². The van der Waals surface area contributed by atoms with E-state index >= 15 is 0 Å². The molecule has 2 aliphatic heterocycles. The van der Waals surface area contributed by atoms with Crippen molar-refractivity contribution in [3.05, 3.63) is 77.1 Å². The van der Waals surface area contributed by atoms with Crippen LogP contribution in [0.2, 0.25) is 0 Å². The van der Waals surface area contributed by atoms with Gasteiger partial charge < -0.3 is 14.8 Å². The Morgan fingerprint density at radius 1 is 1.17 bits per heavy atom. The second kappa shape index (κ2) is 11.9. The van der Waals surface area contributed by atoms with Gasteiger partial charge in [-0.1, -0.05) is 32.1 Å². The average Bonchev–Trinajstić information content (AvgIpc) is 3.29. The topological polar surface area (TPSA) is 115 Å². The van der Waals surface area contributed by atoms with Gasteiger partial charge in [-0.3, -0.25) is 9.48 Å². The van der Waals surface area contributed by atoms with E-state index in [0.717, 1.165) is 35.5 Å². The van der Waals surface area contributed by atoms with E-state index in [9.17, 15) is 13.2 Å². The second-order valence-corrected chi connectivity index (χ2v) is 12.1. The molecule has 0 aliphatic carbocycles. The van der Waals surface area contributed by atoms with E-state index in [4.69, 9.17) is 14.5 Å². The first-order chi connectivity index (χ1) is 20.2. The fraction of sp³-hybridized carbons (Fsp3) is 0.323. The molecule has 2 aromatic carbocycles. The molecule has 2 aliphatic rings. The van der Waals surface area contributed by atoms with Crippen LogP contribution in [0.15, 0.2) is 64.5 Å². The Bertz CT molecular complexity index is 1720. The highest BCUT2D eigenvalue weighted by molar-refractivity contribution is 7.89. The fourth-order valence-electron chi connectivity index (χ4n) is 5.19. The number of hydrogen-bond donors (Lipinski definition) is 1. The lowest BCUT2D eigenvalue weighted by Crippen LogP contribution is -2.40. The maximum atomic E-state index is 13.9. The molecular formula is C31H35N5O5S. The minimum absolute atomic E-state index is 0.0314. The largest absolute Gasteiger partial charge is 0.497 e. The molecule has 3 heterocycles. The molecule has 0 atom stereocenters. The Morgan fingerprint density at radius 3 is 2.71 bits per heavy atom. The normalized spacial score (nSPS) is 16.7. The van der Waals surface area contributed by atoms with Gasteiger partial charge in [0.15, 0.2) is 5.78 Å². The number of aliphatic imine (C=N–C) groups is 1. The summed E-state index contributed by atoms with van der Waals surface area (Å²) in [6, 6.07) is 12.0. The zero-order chi connectivity index (χ0) is 30.0. The number of hydrogen-bond acceptors (Lipinski definition) is 8. The number of sulfonamides is 1. The molecule has 0 saturated carbocycles. The number of nitrogens with zero attached hydrogens (tertiary/aromatic N) is 4. The van der Waals surface area contributed by atoms with Crippen LogP contribution in [0, 0.1) is 0 Å². The SMILES string of the molecule is C=C1NC(c2cc(S(=O)(=O)N3CCC(=O)/C(=C/c4cccc(OC)c4)C3)ccc2OCC)=Nc2c(CCC)nn(C)c21. The van der Waals surface area contributed by atoms with E-state index in [-0.39, 0.29) is 30.2 Å². The van der Waals surface area contributed by atoms with Crippen molar-refractivity contribution < 1.29 is 22.7 Å². The summed E-state index contributed by atoms with van der Waals surface area (Å²) in [4.78, 5) is 17.7. The third-order valence-corrected chi connectivity index (χ3v) is 9.07. The van der Waals surface area contributed by atoms with E-state index in [1.165, 1.54) is 10.4 Å². The third-order valence-electron chi connectivity index (χ3n) is 7.23. The summed E-state index contributed by atoms with van der Waals surface area (Å²) in [5.74, 6) is 1.50. The molecule has 0 bridgehead atoms. The van der Waals surface area contributed by atoms with E-state index < -0.39 is 10.0 Å². The number of aryl methyl sites for hydroxylation is 2. The van der Waals surface area contributed by atoms with Crippen molar-refractivity contribution in [2.75, 3.05) is 26.8 Å². The predicted octanol–water partition coefficient (Wildman–Crippen LogP) is 4.48. The molecule has 1 fully saturated rings. The van der Waals surface area contributed by atoms with Gasteiger partial charge in [-0.25, -0.2) is 13.4 Å². The van der Waals surface area contributed by atoms with Crippen molar-refractivity contribution in [2.24, 2.45) is 12.0 Å². The molecule has 5 rings (SSSR count). The number of carbonyl (C=O) groups is 1. The first-order valence-electron chi connectivity index (χ1n) is 13.9. The highest BCUT2D eigenvalue weighted by Crippen LogP contribution is 2.35. The van der Waals surface area contributed by atoms with Crippen LogP contribution >= 0.6 is 0 Å². The van der Waals surface area contributed by atoms with Gasteiger partial charge in [0.05, 0.1) is 35.6 Å². The van der Waals surface area contributed by atoms with Crippen LogP contribution in [0.25, 0.3) is 11.8 Å². The van der Waals surface area contributed by atoms with Crippen molar-refractivity contribution in [3.8, 4) is 11.5 Å². The number of ether oxygens (including phenoxy) is 2. The summed E-state index contributed by atoms with van der Waals surface area (Å²) < 4.78 is 42.1. The Labute approximate surface area is 246 Å². The van der Waals surface area contributed by atoms with Crippen molar-refractivity contribution in [1.29, 1.82) is 0 Å². The number of nitrogens with one attached hydrogen (secondary N) is 1. The molecule has 1 N–H and O–H groups in total. The average molecular weight is 590 g/mol. The van der Waals surface area contributed by atoms with Gasteiger partial charge in [-0.15, -0.1) is 0 Å². The number of aromatic nitrogens is 2. The van der Waals surface area contributed by atoms with Gasteiger partial charge in [0.25, 0.3) is 0 Å². The smallest absolute Gasteiger partial charge is 0.243 e. The molecule has 0 spiro atoms. The van der Waals surface area contributed by atoms with Crippen LogP contribution in [0.4, 0.5) is 5.69 Å². The lowest BCUT2D eigenvalue weighted by Gasteiger charge is -2.28. The van der Waals surface area contributed by atoms with Crippen molar-refractivity contribution in [1.82, 2.24) is 19.4 Å². The summed E-state index contributed by atoms with van der Waals surface area (Å²) in [6.45, 7) is 8.57. The number of methoxy groups -OCH3 is 1. The molecule has 1 aromatic heterocycles. The maximum absolute atomic E-state index is 13.9. The first kappa shape index (κ1) is 29.3. The highest BCUT2D eigenvalue weighted by Gasteiger charge is 2.33. The quantitative estimate of drug-likeness (QED) is 0.366. The minimum atomic E-state index is -3.96. The molecular weight excluding hydrogens is 554 g/mol. The standard InChI is InChI=1S/C31H35N5O5S/c1-6-9-26-29-30(35(4)34-26)20(3)32-31(33-29)25-18-24(12-13-28(25)41-7-2)42(38,39)36-15-14-27(37)22(19-36)16-21-10-8-11-23(17-21)40-5/h8,10-13,16-18H,3,6-7,9,14-15,19H2,1-2,4-5H3,(H,32,33)/b22-16+.